The van der Waals surface area contributed by atoms with E-state index in [-0.39, 0.29) is 0 Å². The maximum atomic E-state index is 5.34. The monoisotopic (exact) mass is 313 g/mol. The van der Waals surface area contributed by atoms with Gasteiger partial charge in [0.15, 0.2) is 5.96 Å². The van der Waals surface area contributed by atoms with Crippen molar-refractivity contribution in [3.8, 4) is 5.75 Å². The van der Waals surface area contributed by atoms with Crippen LogP contribution in [0.5, 0.6) is 5.75 Å². The van der Waals surface area contributed by atoms with E-state index in [2.05, 4.69) is 31.6 Å². The summed E-state index contributed by atoms with van der Waals surface area (Å²) >= 11 is 3.43. The van der Waals surface area contributed by atoms with Gasteiger partial charge in [0.25, 0.3) is 0 Å². The van der Waals surface area contributed by atoms with E-state index in [0.29, 0.717) is 6.54 Å². The fourth-order valence-corrected chi connectivity index (χ4v) is 1.86. The van der Waals surface area contributed by atoms with Crippen LogP contribution in [-0.4, -0.2) is 26.2 Å². The van der Waals surface area contributed by atoms with Gasteiger partial charge in [-0.1, -0.05) is 22.0 Å². The van der Waals surface area contributed by atoms with Crippen molar-refractivity contribution >= 4 is 21.9 Å². The predicted octanol–water partition coefficient (Wildman–Crippen LogP) is 2.53. The van der Waals surface area contributed by atoms with Gasteiger partial charge in [0.2, 0.25) is 0 Å². The number of hydrogen-bond donors (Lipinski definition) is 2. The SMILES string of the molecule is CCNC(=NCc1ccc(Br)cc1OC)NCC. The minimum atomic E-state index is 0.589. The molecule has 1 aromatic rings. The number of hydrogen-bond acceptors (Lipinski definition) is 2. The maximum Gasteiger partial charge on any atom is 0.191 e. The van der Waals surface area contributed by atoms with Crippen LogP contribution >= 0.6 is 15.9 Å². The van der Waals surface area contributed by atoms with Crippen LogP contribution in [0.2, 0.25) is 0 Å². The molecule has 0 saturated heterocycles. The Balaban J connectivity index is 2.79. The number of rotatable bonds is 5. The second-order valence-corrected chi connectivity index (χ2v) is 4.60. The van der Waals surface area contributed by atoms with Gasteiger partial charge < -0.3 is 15.4 Å². The maximum absolute atomic E-state index is 5.34. The zero-order valence-corrected chi connectivity index (χ0v) is 12.7. The summed E-state index contributed by atoms with van der Waals surface area (Å²) in [5.41, 5.74) is 1.06. The van der Waals surface area contributed by atoms with Crippen molar-refractivity contribution in [2.75, 3.05) is 20.2 Å². The Labute approximate surface area is 117 Å². The van der Waals surface area contributed by atoms with Crippen LogP contribution in [0.25, 0.3) is 0 Å². The Morgan fingerprint density at radius 1 is 1.28 bits per heavy atom. The van der Waals surface area contributed by atoms with Crippen LogP contribution in [0, 0.1) is 0 Å². The van der Waals surface area contributed by atoms with Crippen LogP contribution in [0.15, 0.2) is 27.7 Å². The number of aliphatic imine (C=N–C) groups is 1. The number of methoxy groups -OCH3 is 1. The van der Waals surface area contributed by atoms with Crippen LogP contribution in [-0.2, 0) is 6.54 Å². The molecule has 0 aromatic heterocycles. The van der Waals surface area contributed by atoms with Gasteiger partial charge in [0.1, 0.15) is 5.75 Å². The molecule has 0 radical (unpaired) electrons. The number of benzene rings is 1. The van der Waals surface area contributed by atoms with E-state index >= 15 is 0 Å². The van der Waals surface area contributed by atoms with E-state index in [1.54, 1.807) is 7.11 Å². The molecule has 0 aliphatic rings. The van der Waals surface area contributed by atoms with Crippen molar-refractivity contribution in [2.45, 2.75) is 20.4 Å². The van der Waals surface area contributed by atoms with Crippen molar-refractivity contribution < 1.29 is 4.74 Å². The van der Waals surface area contributed by atoms with E-state index in [1.165, 1.54) is 0 Å². The van der Waals surface area contributed by atoms with Gasteiger partial charge in [-0.3, -0.25) is 0 Å². The molecule has 0 fully saturated rings. The Morgan fingerprint density at radius 3 is 2.50 bits per heavy atom. The van der Waals surface area contributed by atoms with Gasteiger partial charge in [-0.05, 0) is 26.0 Å². The minimum Gasteiger partial charge on any atom is -0.496 e. The summed E-state index contributed by atoms with van der Waals surface area (Å²) < 4.78 is 6.34. The lowest BCUT2D eigenvalue weighted by molar-refractivity contribution is 0.409. The van der Waals surface area contributed by atoms with Crippen LogP contribution in [0.1, 0.15) is 19.4 Å². The predicted molar refractivity (Wildman–Crippen MR) is 79.2 cm³/mol. The van der Waals surface area contributed by atoms with Gasteiger partial charge in [0.05, 0.1) is 13.7 Å². The summed E-state index contributed by atoms with van der Waals surface area (Å²) in [5, 5.41) is 6.38. The summed E-state index contributed by atoms with van der Waals surface area (Å²) in [6.45, 7) is 6.39. The smallest absolute Gasteiger partial charge is 0.191 e. The van der Waals surface area contributed by atoms with E-state index in [0.717, 1.165) is 34.8 Å². The molecule has 1 rings (SSSR count). The third-order valence-corrected chi connectivity index (χ3v) is 2.84. The first-order chi connectivity index (χ1) is 8.71. The molecule has 0 amide bonds. The Bertz CT molecular complexity index is 399. The van der Waals surface area contributed by atoms with Gasteiger partial charge >= 0.3 is 0 Å². The first-order valence-electron chi connectivity index (χ1n) is 6.05. The second kappa shape index (κ2) is 7.97. The zero-order chi connectivity index (χ0) is 13.4. The normalized spacial score (nSPS) is 9.78. The number of ether oxygens (including phenoxy) is 1. The van der Waals surface area contributed by atoms with Crippen LogP contribution in [0.4, 0.5) is 0 Å². The molecule has 0 aliphatic carbocycles. The quantitative estimate of drug-likeness (QED) is 0.648. The summed E-state index contributed by atoms with van der Waals surface area (Å²) in [7, 11) is 1.67. The molecule has 0 atom stereocenters. The Morgan fingerprint density at radius 2 is 1.94 bits per heavy atom. The molecule has 1 aromatic carbocycles. The first kappa shape index (κ1) is 14.8. The van der Waals surface area contributed by atoms with Gasteiger partial charge in [0, 0.05) is 23.1 Å². The molecule has 0 spiro atoms. The minimum absolute atomic E-state index is 0.589. The van der Waals surface area contributed by atoms with E-state index in [9.17, 15) is 0 Å². The lowest BCUT2D eigenvalue weighted by atomic mass is 10.2. The molecular weight excluding hydrogens is 294 g/mol. The third kappa shape index (κ3) is 4.56. The first-order valence-corrected chi connectivity index (χ1v) is 6.85. The number of halogens is 1. The van der Waals surface area contributed by atoms with Gasteiger partial charge in [-0.2, -0.15) is 0 Å². The standard InChI is InChI=1S/C13H20BrN3O/c1-4-15-13(16-5-2)17-9-10-6-7-11(14)8-12(10)18-3/h6-8H,4-5,9H2,1-3H3,(H2,15,16,17). The summed E-state index contributed by atoms with van der Waals surface area (Å²) in [4.78, 5) is 4.51. The van der Waals surface area contributed by atoms with E-state index in [4.69, 9.17) is 4.74 Å². The summed E-state index contributed by atoms with van der Waals surface area (Å²) in [5.74, 6) is 1.67. The fourth-order valence-electron chi connectivity index (χ4n) is 1.52. The number of guanidine groups is 1. The van der Waals surface area contributed by atoms with Crippen molar-refractivity contribution in [3.05, 3.63) is 28.2 Å². The molecule has 0 bridgehead atoms. The third-order valence-electron chi connectivity index (χ3n) is 2.35. The highest BCUT2D eigenvalue weighted by atomic mass is 79.9. The molecule has 5 heteroatoms. The fraction of sp³-hybridized carbons (Fsp3) is 0.462. The molecule has 0 heterocycles. The Kier molecular flexibility index (Phi) is 6.57. The lowest BCUT2D eigenvalue weighted by Gasteiger charge is -2.10. The van der Waals surface area contributed by atoms with E-state index < -0.39 is 0 Å². The number of nitrogens with one attached hydrogen (secondary N) is 2. The highest BCUT2D eigenvalue weighted by Gasteiger charge is 2.03. The molecule has 18 heavy (non-hydrogen) atoms. The molecule has 2 N–H and O–H groups in total. The Hall–Kier alpha value is -1.23. The van der Waals surface area contributed by atoms with Gasteiger partial charge in [-0.25, -0.2) is 4.99 Å². The van der Waals surface area contributed by atoms with Gasteiger partial charge in [-0.15, -0.1) is 0 Å². The summed E-state index contributed by atoms with van der Waals surface area (Å²) in [6.07, 6.45) is 0. The largest absolute Gasteiger partial charge is 0.496 e. The molecular formula is C13H20BrN3O. The topological polar surface area (TPSA) is 45.7 Å². The van der Waals surface area contributed by atoms with E-state index in [1.807, 2.05) is 32.0 Å². The van der Waals surface area contributed by atoms with Crippen LogP contribution < -0.4 is 15.4 Å². The molecule has 0 unspecified atom stereocenters. The lowest BCUT2D eigenvalue weighted by Crippen LogP contribution is -2.36. The van der Waals surface area contributed by atoms with Crippen LogP contribution in [0.3, 0.4) is 0 Å². The zero-order valence-electron chi connectivity index (χ0n) is 11.1. The van der Waals surface area contributed by atoms with Crippen molar-refractivity contribution in [1.29, 1.82) is 0 Å². The highest BCUT2D eigenvalue weighted by molar-refractivity contribution is 9.10. The molecule has 0 aliphatic heterocycles. The second-order valence-electron chi connectivity index (χ2n) is 3.68. The molecule has 0 saturated carbocycles. The molecule has 4 nitrogen and oxygen atoms in total. The van der Waals surface area contributed by atoms with Crippen molar-refractivity contribution in [3.63, 3.8) is 0 Å². The average molecular weight is 314 g/mol. The highest BCUT2D eigenvalue weighted by Crippen LogP contribution is 2.23. The van der Waals surface area contributed by atoms with Crippen molar-refractivity contribution in [2.24, 2.45) is 4.99 Å². The molecule has 100 valence electrons. The number of nitrogens with zero attached hydrogens (tertiary/aromatic N) is 1. The van der Waals surface area contributed by atoms with Crippen molar-refractivity contribution in [1.82, 2.24) is 10.6 Å². The average Bonchev–Trinajstić information content (AvgIpc) is 2.37. The summed E-state index contributed by atoms with van der Waals surface area (Å²) in [6, 6.07) is 5.96.